The Morgan fingerprint density at radius 1 is 1.27 bits per heavy atom. The molecule has 22 heavy (non-hydrogen) atoms. The summed E-state index contributed by atoms with van der Waals surface area (Å²) in [5.41, 5.74) is 0.710. The number of methoxy groups -OCH3 is 1. The Morgan fingerprint density at radius 2 is 1.95 bits per heavy atom. The highest BCUT2D eigenvalue weighted by atomic mass is 16.5. The molecule has 112 valence electrons. The summed E-state index contributed by atoms with van der Waals surface area (Å²) in [6.45, 7) is -0.0575. The van der Waals surface area contributed by atoms with Gasteiger partial charge in [0.15, 0.2) is 0 Å². The van der Waals surface area contributed by atoms with Crippen LogP contribution in [0.5, 0.6) is 5.75 Å². The van der Waals surface area contributed by atoms with Gasteiger partial charge in [0.1, 0.15) is 17.4 Å². The first-order valence-electron chi connectivity index (χ1n) is 6.55. The van der Waals surface area contributed by atoms with Crippen LogP contribution in [-0.4, -0.2) is 17.6 Å². The smallest absolute Gasteiger partial charge is 0.268 e. The monoisotopic (exact) mass is 297 g/mol. The molecule has 0 saturated heterocycles. The Balaban J connectivity index is 2.53. The summed E-state index contributed by atoms with van der Waals surface area (Å²) in [5, 5.41) is 19.6. The van der Waals surface area contributed by atoms with Crippen molar-refractivity contribution >= 4 is 5.97 Å². The summed E-state index contributed by atoms with van der Waals surface area (Å²) < 4.78 is 6.35. The van der Waals surface area contributed by atoms with Crippen LogP contribution in [-0.2, 0) is 11.3 Å². The van der Waals surface area contributed by atoms with Gasteiger partial charge in [-0.15, -0.1) is 0 Å². The molecule has 0 aliphatic heterocycles. The summed E-state index contributed by atoms with van der Waals surface area (Å²) in [5.74, 6) is -0.587. The van der Waals surface area contributed by atoms with E-state index in [1.165, 1.54) is 10.6 Å². The number of pyridine rings is 1. The molecule has 0 amide bonds. The molecule has 1 heterocycles. The highest BCUT2D eigenvalue weighted by Crippen LogP contribution is 2.22. The van der Waals surface area contributed by atoms with E-state index in [0.29, 0.717) is 11.4 Å². The summed E-state index contributed by atoms with van der Waals surface area (Å²) in [6.07, 6.45) is -0.308. The third kappa shape index (κ3) is 3.15. The molecular weight excluding hydrogens is 284 g/mol. The predicted molar refractivity (Wildman–Crippen MR) is 77.0 cm³/mol. The molecule has 0 bridgehead atoms. The number of hydrogen-bond donors (Lipinski definition) is 0. The van der Waals surface area contributed by atoms with Crippen molar-refractivity contribution < 1.29 is 14.6 Å². The first kappa shape index (κ1) is 15.3. The van der Waals surface area contributed by atoms with E-state index in [4.69, 9.17) is 10.00 Å². The minimum atomic E-state index is -1.25. The second-order valence-corrected chi connectivity index (χ2v) is 4.55. The van der Waals surface area contributed by atoms with Crippen LogP contribution in [0.25, 0.3) is 11.3 Å². The zero-order valence-electron chi connectivity index (χ0n) is 11.9. The molecule has 1 aromatic heterocycles. The van der Waals surface area contributed by atoms with Crippen molar-refractivity contribution in [1.29, 1.82) is 5.26 Å². The molecule has 2 rings (SSSR count). The van der Waals surface area contributed by atoms with E-state index in [9.17, 15) is 14.7 Å². The van der Waals surface area contributed by atoms with E-state index in [-0.39, 0.29) is 18.5 Å². The predicted octanol–water partition coefficient (Wildman–Crippen LogP) is 0.536. The van der Waals surface area contributed by atoms with Gasteiger partial charge in [0, 0.05) is 18.9 Å². The number of carbonyl (C=O) groups excluding carboxylic acids is 1. The number of aromatic nitrogens is 1. The maximum atomic E-state index is 12.2. The zero-order chi connectivity index (χ0) is 16.1. The molecule has 0 spiro atoms. The minimum Gasteiger partial charge on any atom is -0.550 e. The Kier molecular flexibility index (Phi) is 4.59. The highest BCUT2D eigenvalue weighted by molar-refractivity contribution is 5.65. The Bertz CT molecular complexity index is 785. The molecule has 0 radical (unpaired) electrons. The number of ether oxygens (including phenoxy) is 1. The largest absolute Gasteiger partial charge is 0.550 e. The molecule has 0 aliphatic carbocycles. The van der Waals surface area contributed by atoms with Crippen LogP contribution in [0.2, 0.25) is 0 Å². The lowest BCUT2D eigenvalue weighted by atomic mass is 10.1. The van der Waals surface area contributed by atoms with E-state index in [0.717, 1.165) is 5.56 Å². The Morgan fingerprint density at radius 3 is 2.50 bits per heavy atom. The van der Waals surface area contributed by atoms with Crippen molar-refractivity contribution in [2.75, 3.05) is 7.11 Å². The van der Waals surface area contributed by atoms with Crippen LogP contribution < -0.4 is 15.4 Å². The SMILES string of the molecule is COc1ccc(-c2ccc(C#N)c(=O)n2CCC(=O)[O-])cc1. The summed E-state index contributed by atoms with van der Waals surface area (Å²) in [7, 11) is 1.55. The minimum absolute atomic E-state index is 0.0318. The third-order valence-electron chi connectivity index (χ3n) is 3.22. The normalized spacial score (nSPS) is 10.0. The standard InChI is InChI=1S/C16H14N2O4/c1-22-13-5-2-11(3-6-13)14-7-4-12(10-17)16(21)18(14)9-8-15(19)20/h2-7H,8-9H2,1H3,(H,19,20)/p-1. The van der Waals surface area contributed by atoms with E-state index in [1.54, 1.807) is 43.5 Å². The maximum Gasteiger partial charge on any atom is 0.268 e. The van der Waals surface area contributed by atoms with Gasteiger partial charge in [0.05, 0.1) is 12.8 Å². The molecule has 2 aromatic rings. The van der Waals surface area contributed by atoms with E-state index < -0.39 is 11.5 Å². The van der Waals surface area contributed by atoms with Crippen LogP contribution in [0.3, 0.4) is 0 Å². The summed E-state index contributed by atoms with van der Waals surface area (Å²) >= 11 is 0. The number of aliphatic carboxylic acids is 1. The van der Waals surface area contributed by atoms with Crippen molar-refractivity contribution in [2.45, 2.75) is 13.0 Å². The number of hydrogen-bond acceptors (Lipinski definition) is 5. The van der Waals surface area contributed by atoms with Crippen LogP contribution in [0.4, 0.5) is 0 Å². The van der Waals surface area contributed by atoms with Crippen molar-refractivity contribution in [3.63, 3.8) is 0 Å². The van der Waals surface area contributed by atoms with Crippen molar-refractivity contribution in [2.24, 2.45) is 0 Å². The van der Waals surface area contributed by atoms with E-state index in [2.05, 4.69) is 0 Å². The molecule has 6 heteroatoms. The lowest BCUT2D eigenvalue weighted by Crippen LogP contribution is -2.29. The molecule has 0 saturated carbocycles. The second-order valence-electron chi connectivity index (χ2n) is 4.55. The molecule has 0 N–H and O–H groups in total. The maximum absolute atomic E-state index is 12.2. The van der Waals surface area contributed by atoms with Gasteiger partial charge in [0.2, 0.25) is 0 Å². The average molecular weight is 297 g/mol. The first-order valence-corrected chi connectivity index (χ1v) is 6.55. The number of nitriles is 1. The number of nitrogens with zero attached hydrogens (tertiary/aromatic N) is 2. The first-order chi connectivity index (χ1) is 10.6. The van der Waals surface area contributed by atoms with Crippen LogP contribution in [0.15, 0.2) is 41.2 Å². The molecule has 0 fully saturated rings. The van der Waals surface area contributed by atoms with Crippen LogP contribution >= 0.6 is 0 Å². The Hall–Kier alpha value is -3.07. The van der Waals surface area contributed by atoms with Gasteiger partial charge in [-0.3, -0.25) is 4.79 Å². The van der Waals surface area contributed by atoms with Crippen LogP contribution in [0, 0.1) is 11.3 Å². The fourth-order valence-corrected chi connectivity index (χ4v) is 2.10. The van der Waals surface area contributed by atoms with Crippen LogP contribution in [0.1, 0.15) is 12.0 Å². The fraction of sp³-hybridized carbons (Fsp3) is 0.188. The molecule has 0 unspecified atom stereocenters. The van der Waals surface area contributed by atoms with E-state index in [1.807, 2.05) is 0 Å². The lowest BCUT2D eigenvalue weighted by Gasteiger charge is -2.14. The van der Waals surface area contributed by atoms with Gasteiger partial charge >= 0.3 is 0 Å². The molecule has 0 atom stereocenters. The van der Waals surface area contributed by atoms with Crippen molar-refractivity contribution in [1.82, 2.24) is 4.57 Å². The van der Waals surface area contributed by atoms with Gasteiger partial charge in [-0.25, -0.2) is 0 Å². The molecule has 6 nitrogen and oxygen atoms in total. The van der Waals surface area contributed by atoms with E-state index >= 15 is 0 Å². The molecular formula is C16H13N2O4-. The number of carboxylic acid groups (broad SMARTS) is 1. The topological polar surface area (TPSA) is 95.2 Å². The third-order valence-corrected chi connectivity index (χ3v) is 3.22. The highest BCUT2D eigenvalue weighted by Gasteiger charge is 2.10. The van der Waals surface area contributed by atoms with Crippen molar-refractivity contribution in [3.05, 3.63) is 52.3 Å². The quantitative estimate of drug-likeness (QED) is 0.802. The number of carbonyl (C=O) groups is 1. The number of carboxylic acids is 1. The van der Waals surface area contributed by atoms with Gasteiger partial charge in [-0.1, -0.05) is 0 Å². The van der Waals surface area contributed by atoms with Gasteiger partial charge in [-0.05, 0) is 42.0 Å². The van der Waals surface area contributed by atoms with Gasteiger partial charge in [0.25, 0.3) is 5.56 Å². The summed E-state index contributed by atoms with van der Waals surface area (Å²) in [4.78, 5) is 22.9. The number of rotatable bonds is 5. The second kappa shape index (κ2) is 6.59. The lowest BCUT2D eigenvalue weighted by molar-refractivity contribution is -0.305. The zero-order valence-corrected chi connectivity index (χ0v) is 11.9. The van der Waals surface area contributed by atoms with Gasteiger partial charge < -0.3 is 19.2 Å². The average Bonchev–Trinajstić information content (AvgIpc) is 2.53. The molecule has 1 aromatic carbocycles. The van der Waals surface area contributed by atoms with Crippen molar-refractivity contribution in [3.8, 4) is 23.1 Å². The summed E-state index contributed by atoms with van der Waals surface area (Å²) in [6, 6.07) is 11.8. The van der Waals surface area contributed by atoms with Gasteiger partial charge in [-0.2, -0.15) is 5.26 Å². The Labute approximate surface area is 126 Å². The number of benzene rings is 1. The molecule has 0 aliphatic rings. The fourth-order valence-electron chi connectivity index (χ4n) is 2.10.